The van der Waals surface area contributed by atoms with Gasteiger partial charge in [-0.05, 0) is 0 Å². The maximum absolute atomic E-state index is 11.2. The van der Waals surface area contributed by atoms with Gasteiger partial charge in [-0.15, -0.1) is 0 Å². The molecule has 0 radical (unpaired) electrons. The second-order valence-electron chi connectivity index (χ2n) is 1.48. The first kappa shape index (κ1) is 4.87. The summed E-state index contributed by atoms with van der Waals surface area (Å²) in [7, 11) is 0. The van der Waals surface area contributed by atoms with Crippen molar-refractivity contribution in [1.29, 1.82) is 0 Å². The van der Waals surface area contributed by atoms with Gasteiger partial charge in [0.15, 0.2) is 0 Å². The lowest BCUT2D eigenvalue weighted by atomic mass is 10.8. The first-order chi connectivity index (χ1) is 3.07. The van der Waals surface area contributed by atoms with Crippen LogP contribution in [-0.4, -0.2) is 18.3 Å². The highest BCUT2D eigenvalue weighted by molar-refractivity contribution is 5.07. The maximum Gasteiger partial charge on any atom is 0.315 e. The van der Waals surface area contributed by atoms with Crippen molar-refractivity contribution in [2.24, 2.45) is 0 Å². The highest BCUT2D eigenvalue weighted by Crippen LogP contribution is 2.47. The molecule has 1 fully saturated rings. The molecule has 1 aliphatic rings. The van der Waals surface area contributed by atoms with Gasteiger partial charge in [-0.2, -0.15) is 8.78 Å². The lowest BCUT2D eigenvalue weighted by Crippen LogP contribution is -1.93. The third-order valence-corrected chi connectivity index (χ3v) is 0.883. The zero-order chi connectivity index (χ0) is 5.65. The third kappa shape index (κ3) is 0.421. The van der Waals surface area contributed by atoms with Gasteiger partial charge in [-0.25, -0.2) is 8.78 Å². The van der Waals surface area contributed by atoms with Crippen LogP contribution in [0.3, 0.4) is 0 Å². The molecule has 0 unspecified atom stereocenters. The molecule has 0 bridgehead atoms. The molecule has 0 nitrogen and oxygen atoms in total. The van der Waals surface area contributed by atoms with E-state index in [1.165, 1.54) is 0 Å². The van der Waals surface area contributed by atoms with Crippen molar-refractivity contribution in [2.45, 2.75) is 18.3 Å². The molecule has 1 saturated carbocycles. The van der Waals surface area contributed by atoms with E-state index in [2.05, 4.69) is 0 Å². The Kier molecular flexibility index (Phi) is 0.645. The predicted molar refractivity (Wildman–Crippen MR) is 14.7 cm³/mol. The summed E-state index contributed by atoms with van der Waals surface area (Å²) in [6.45, 7) is 0. The summed E-state index contributed by atoms with van der Waals surface area (Å²) in [6.07, 6.45) is -5.07. The van der Waals surface area contributed by atoms with Crippen molar-refractivity contribution in [1.82, 2.24) is 0 Å². The Morgan fingerprint density at radius 2 is 1.14 bits per heavy atom. The molecule has 0 aromatic carbocycles. The van der Waals surface area contributed by atoms with Crippen molar-refractivity contribution in [2.75, 3.05) is 0 Å². The third-order valence-electron chi connectivity index (χ3n) is 0.883. The van der Waals surface area contributed by atoms with E-state index >= 15 is 0 Å². The average Bonchev–Trinajstić information content (AvgIpc) is 1.91. The topological polar surface area (TPSA) is 0 Å². The van der Waals surface area contributed by atoms with Crippen molar-refractivity contribution in [3.05, 3.63) is 0 Å². The molecule has 0 amide bonds. The maximum atomic E-state index is 11.2. The molecule has 0 heterocycles. The minimum atomic E-state index is -3.67. The SMILES string of the molecule is F[C@@H]1[C@H](F)C1(F)F. The van der Waals surface area contributed by atoms with Gasteiger partial charge in [0.2, 0.25) is 12.3 Å². The highest BCUT2D eigenvalue weighted by Gasteiger charge is 2.71. The van der Waals surface area contributed by atoms with Crippen LogP contribution >= 0.6 is 0 Å². The number of halogens is 4. The molecule has 42 valence electrons. The molecule has 2 atom stereocenters. The van der Waals surface area contributed by atoms with Crippen molar-refractivity contribution < 1.29 is 17.6 Å². The van der Waals surface area contributed by atoms with Gasteiger partial charge >= 0.3 is 5.92 Å². The first-order valence-corrected chi connectivity index (χ1v) is 1.73. The fourth-order valence-corrected chi connectivity index (χ4v) is 0.255. The van der Waals surface area contributed by atoms with Gasteiger partial charge in [0.1, 0.15) is 0 Å². The Balaban J connectivity index is 2.52. The monoisotopic (exact) mass is 114 g/mol. The van der Waals surface area contributed by atoms with Crippen LogP contribution in [-0.2, 0) is 0 Å². The van der Waals surface area contributed by atoms with Crippen LogP contribution in [0.1, 0.15) is 0 Å². The summed E-state index contributed by atoms with van der Waals surface area (Å²) < 4.78 is 44.7. The molecule has 0 aromatic rings. The predicted octanol–water partition coefficient (Wildman–Crippen LogP) is 1.31. The van der Waals surface area contributed by atoms with Crippen molar-refractivity contribution in [3.8, 4) is 0 Å². The molecule has 0 aliphatic heterocycles. The molecule has 0 spiro atoms. The summed E-state index contributed by atoms with van der Waals surface area (Å²) in [4.78, 5) is 0. The van der Waals surface area contributed by atoms with Crippen LogP contribution in [0.25, 0.3) is 0 Å². The second-order valence-corrected chi connectivity index (χ2v) is 1.48. The lowest BCUT2D eigenvalue weighted by molar-refractivity contribution is 0.0688. The highest BCUT2D eigenvalue weighted by atomic mass is 19.3. The van der Waals surface area contributed by atoms with E-state index < -0.39 is 18.3 Å². The van der Waals surface area contributed by atoms with Crippen LogP contribution in [0, 0.1) is 0 Å². The first-order valence-electron chi connectivity index (χ1n) is 1.73. The smallest absolute Gasteiger partial charge is 0.237 e. The number of rotatable bonds is 0. The Hall–Kier alpha value is -0.280. The van der Waals surface area contributed by atoms with E-state index in [0.717, 1.165) is 0 Å². The summed E-state index contributed by atoms with van der Waals surface area (Å²) in [5.74, 6) is -3.67. The molecular formula is C3H2F4. The summed E-state index contributed by atoms with van der Waals surface area (Å²) >= 11 is 0. The molecule has 4 heteroatoms. The minimum Gasteiger partial charge on any atom is -0.237 e. The largest absolute Gasteiger partial charge is 0.315 e. The van der Waals surface area contributed by atoms with E-state index in [1.54, 1.807) is 0 Å². The van der Waals surface area contributed by atoms with Gasteiger partial charge in [0.05, 0.1) is 0 Å². The molecule has 0 saturated heterocycles. The zero-order valence-electron chi connectivity index (χ0n) is 3.17. The number of hydrogen-bond acceptors (Lipinski definition) is 0. The number of hydrogen-bond donors (Lipinski definition) is 0. The molecular weight excluding hydrogens is 112 g/mol. The van der Waals surface area contributed by atoms with Gasteiger partial charge in [-0.3, -0.25) is 0 Å². The molecule has 0 N–H and O–H groups in total. The van der Waals surface area contributed by atoms with Gasteiger partial charge in [0.25, 0.3) is 0 Å². The van der Waals surface area contributed by atoms with Crippen molar-refractivity contribution >= 4 is 0 Å². The lowest BCUT2D eigenvalue weighted by Gasteiger charge is -1.79. The molecule has 7 heavy (non-hydrogen) atoms. The quantitative estimate of drug-likeness (QED) is 0.416. The van der Waals surface area contributed by atoms with E-state index in [0.29, 0.717) is 0 Å². The van der Waals surface area contributed by atoms with Gasteiger partial charge in [0, 0.05) is 0 Å². The zero-order valence-corrected chi connectivity index (χ0v) is 3.17. The summed E-state index contributed by atoms with van der Waals surface area (Å²) in [6, 6.07) is 0. The Morgan fingerprint density at radius 3 is 1.14 bits per heavy atom. The Bertz CT molecular complexity index is 78.9. The van der Waals surface area contributed by atoms with Crippen molar-refractivity contribution in [3.63, 3.8) is 0 Å². The normalized spacial score (nSPS) is 46.3. The molecule has 0 aromatic heterocycles. The summed E-state index contributed by atoms with van der Waals surface area (Å²) in [5.41, 5.74) is 0. The standard InChI is InChI=1S/C3H2F4/c4-1-2(5)3(1,6)7/h1-2H/t1-,2+. The van der Waals surface area contributed by atoms with Crippen LogP contribution in [0.2, 0.25) is 0 Å². The molecule has 1 aliphatic carbocycles. The fraction of sp³-hybridized carbons (Fsp3) is 1.00. The van der Waals surface area contributed by atoms with Crippen LogP contribution in [0.15, 0.2) is 0 Å². The van der Waals surface area contributed by atoms with Gasteiger partial charge in [-0.1, -0.05) is 0 Å². The second kappa shape index (κ2) is 0.928. The van der Waals surface area contributed by atoms with E-state index in [1.807, 2.05) is 0 Å². The van der Waals surface area contributed by atoms with Crippen LogP contribution in [0.5, 0.6) is 0 Å². The Morgan fingerprint density at radius 1 is 1.00 bits per heavy atom. The van der Waals surface area contributed by atoms with E-state index in [4.69, 9.17) is 0 Å². The minimum absolute atomic E-state index is 2.53. The van der Waals surface area contributed by atoms with Crippen LogP contribution in [0.4, 0.5) is 17.6 Å². The van der Waals surface area contributed by atoms with Gasteiger partial charge < -0.3 is 0 Å². The Labute approximate surface area is 37.1 Å². The summed E-state index contributed by atoms with van der Waals surface area (Å²) in [5, 5.41) is 0. The van der Waals surface area contributed by atoms with E-state index in [-0.39, 0.29) is 0 Å². The fourth-order valence-electron chi connectivity index (χ4n) is 0.255. The number of alkyl halides is 4. The van der Waals surface area contributed by atoms with E-state index in [9.17, 15) is 17.6 Å². The molecule has 1 rings (SSSR count). The average molecular weight is 114 g/mol. The van der Waals surface area contributed by atoms with Crippen LogP contribution < -0.4 is 0 Å².